The van der Waals surface area contributed by atoms with Gasteiger partial charge in [0.1, 0.15) is 18.2 Å². The number of aliphatic hydroxyl groups is 2. The van der Waals surface area contributed by atoms with E-state index in [-0.39, 0.29) is 29.8 Å². The third kappa shape index (κ3) is 6.94. The van der Waals surface area contributed by atoms with E-state index in [9.17, 15) is 23.4 Å². The van der Waals surface area contributed by atoms with Crippen molar-refractivity contribution in [3.05, 3.63) is 74.3 Å². The first-order valence-corrected chi connectivity index (χ1v) is 14.7. The van der Waals surface area contributed by atoms with Gasteiger partial charge < -0.3 is 15.5 Å². The van der Waals surface area contributed by atoms with Crippen LogP contribution in [0.2, 0.25) is 4.34 Å². The fourth-order valence-corrected chi connectivity index (χ4v) is 6.23. The Morgan fingerprint density at radius 2 is 2.13 bits per heavy atom. The maximum atomic E-state index is 13.4. The van der Waals surface area contributed by atoms with E-state index in [0.717, 1.165) is 29.7 Å². The standard InChI is InChI=1S/C25H29ClN4O6S2/c1-2-4-14-5-3-6-15(7-14)22(32)18-10-21(37-24(18)26)23(33)19-11-28-13-29-25(19)30-17-8-16(20(31)9-17)12-36-38(27,34)35/h3,5-7,10-11,13,16-17,20,22,31-32H,2,4,8-9,12H2,1H3,(H2,27,34,35)(H,28,29,30)/t16-,17-,20+,22?/m1/s1. The number of carbonyl (C=O) groups is 1. The SMILES string of the molecule is CCCc1cccc(C(O)c2cc(C(=O)c3cncnc3N[C@@H]3C[C@H](COS(N)(=O)=O)[C@@H](O)C3)sc2Cl)c1. The number of nitrogens with two attached hydrogens (primary N) is 1. The van der Waals surface area contributed by atoms with E-state index < -0.39 is 28.4 Å². The first kappa shape index (κ1) is 28.6. The van der Waals surface area contributed by atoms with Crippen LogP contribution in [0.3, 0.4) is 0 Å². The largest absolute Gasteiger partial charge is 0.393 e. The number of benzene rings is 1. The summed E-state index contributed by atoms with van der Waals surface area (Å²) in [6.07, 6.45) is 3.44. The van der Waals surface area contributed by atoms with Gasteiger partial charge >= 0.3 is 10.3 Å². The number of halogens is 1. The number of anilines is 1. The molecule has 0 amide bonds. The highest BCUT2D eigenvalue weighted by Gasteiger charge is 2.35. The number of aliphatic hydroxyl groups excluding tert-OH is 2. The van der Waals surface area contributed by atoms with Gasteiger partial charge in [-0.05, 0) is 36.5 Å². The number of rotatable bonds is 11. The molecular weight excluding hydrogens is 552 g/mol. The molecule has 13 heteroatoms. The van der Waals surface area contributed by atoms with Gasteiger partial charge in [0.25, 0.3) is 0 Å². The summed E-state index contributed by atoms with van der Waals surface area (Å²) in [6, 6.07) is 8.95. The highest BCUT2D eigenvalue weighted by Crippen LogP contribution is 2.37. The number of hydrogen-bond acceptors (Lipinski definition) is 10. The number of aryl methyl sites for hydroxylation is 1. The minimum atomic E-state index is -4.11. The molecule has 1 saturated carbocycles. The molecule has 10 nitrogen and oxygen atoms in total. The lowest BCUT2D eigenvalue weighted by Gasteiger charge is -2.15. The Balaban J connectivity index is 1.50. The topological polar surface area (TPSA) is 165 Å². The second-order valence-electron chi connectivity index (χ2n) is 9.27. The van der Waals surface area contributed by atoms with Gasteiger partial charge in [0.05, 0.1) is 27.5 Å². The molecule has 3 aromatic rings. The summed E-state index contributed by atoms with van der Waals surface area (Å²) < 4.78 is 27.1. The van der Waals surface area contributed by atoms with E-state index in [1.54, 1.807) is 6.07 Å². The lowest BCUT2D eigenvalue weighted by molar-refractivity contribution is 0.101. The van der Waals surface area contributed by atoms with Crippen LogP contribution in [0.4, 0.5) is 5.82 Å². The van der Waals surface area contributed by atoms with Crippen molar-refractivity contribution in [1.82, 2.24) is 9.97 Å². The van der Waals surface area contributed by atoms with Crippen LogP contribution in [0.25, 0.3) is 0 Å². The fraction of sp³-hybridized carbons (Fsp3) is 0.400. The monoisotopic (exact) mass is 580 g/mol. The van der Waals surface area contributed by atoms with Gasteiger partial charge in [-0.2, -0.15) is 8.42 Å². The van der Waals surface area contributed by atoms with Crippen LogP contribution in [0.15, 0.2) is 42.9 Å². The van der Waals surface area contributed by atoms with E-state index in [4.69, 9.17) is 16.7 Å². The van der Waals surface area contributed by atoms with Gasteiger partial charge in [0.2, 0.25) is 5.78 Å². The predicted octanol–water partition coefficient (Wildman–Crippen LogP) is 3.23. The minimum Gasteiger partial charge on any atom is -0.393 e. The summed E-state index contributed by atoms with van der Waals surface area (Å²) in [7, 11) is -4.11. The van der Waals surface area contributed by atoms with E-state index in [2.05, 4.69) is 26.4 Å². The highest BCUT2D eigenvalue weighted by atomic mass is 35.5. The number of aromatic nitrogens is 2. The van der Waals surface area contributed by atoms with Crippen LogP contribution in [-0.4, -0.2) is 53.1 Å². The van der Waals surface area contributed by atoms with Gasteiger partial charge in [-0.3, -0.25) is 8.98 Å². The van der Waals surface area contributed by atoms with Gasteiger partial charge in [-0.1, -0.05) is 49.2 Å². The van der Waals surface area contributed by atoms with Crippen molar-refractivity contribution in [1.29, 1.82) is 0 Å². The Morgan fingerprint density at radius 3 is 2.87 bits per heavy atom. The maximum absolute atomic E-state index is 13.4. The Morgan fingerprint density at radius 1 is 1.34 bits per heavy atom. The van der Waals surface area contributed by atoms with Crippen molar-refractivity contribution in [2.75, 3.05) is 11.9 Å². The zero-order valence-corrected chi connectivity index (χ0v) is 23.0. The number of ketones is 1. The van der Waals surface area contributed by atoms with E-state index in [1.165, 1.54) is 12.5 Å². The van der Waals surface area contributed by atoms with Crippen LogP contribution in [0.5, 0.6) is 0 Å². The lowest BCUT2D eigenvalue weighted by atomic mass is 9.99. The molecule has 5 N–H and O–H groups in total. The first-order chi connectivity index (χ1) is 18.1. The van der Waals surface area contributed by atoms with Crippen LogP contribution >= 0.6 is 22.9 Å². The molecule has 1 aromatic carbocycles. The number of thiophene rings is 1. The third-order valence-electron chi connectivity index (χ3n) is 6.44. The molecule has 0 radical (unpaired) electrons. The molecular formula is C25H29ClN4O6S2. The molecule has 4 rings (SSSR count). The Bertz CT molecular complexity index is 1400. The van der Waals surface area contributed by atoms with Crippen molar-refractivity contribution >= 4 is 44.8 Å². The summed E-state index contributed by atoms with van der Waals surface area (Å²) in [5, 5.41) is 29.4. The van der Waals surface area contributed by atoms with Crippen molar-refractivity contribution in [3.8, 4) is 0 Å². The van der Waals surface area contributed by atoms with Crippen LogP contribution < -0.4 is 10.5 Å². The van der Waals surface area contributed by atoms with Crippen LogP contribution in [0.1, 0.15) is 64.2 Å². The molecule has 1 unspecified atom stereocenters. The van der Waals surface area contributed by atoms with E-state index in [1.807, 2.05) is 24.3 Å². The molecule has 2 aromatic heterocycles. The molecule has 1 fully saturated rings. The molecule has 4 atom stereocenters. The third-order valence-corrected chi connectivity index (χ3v) is 8.29. The zero-order chi connectivity index (χ0) is 27.4. The summed E-state index contributed by atoms with van der Waals surface area (Å²) in [6.45, 7) is 1.84. The van der Waals surface area contributed by atoms with Gasteiger partial charge in [0, 0.05) is 23.7 Å². The highest BCUT2D eigenvalue weighted by molar-refractivity contribution is 7.84. The summed E-state index contributed by atoms with van der Waals surface area (Å²) >= 11 is 7.52. The van der Waals surface area contributed by atoms with Crippen molar-refractivity contribution in [2.24, 2.45) is 11.1 Å². The average molecular weight is 581 g/mol. The molecule has 0 aliphatic heterocycles. The molecule has 204 valence electrons. The Kier molecular flexibility index (Phi) is 9.14. The summed E-state index contributed by atoms with van der Waals surface area (Å²) in [4.78, 5) is 22.0. The Hall–Kier alpha value is -2.45. The molecule has 0 spiro atoms. The quantitative estimate of drug-likeness (QED) is 0.249. The molecule has 1 aliphatic carbocycles. The normalized spacial score (nSPS) is 20.4. The Labute approximate surface area is 230 Å². The minimum absolute atomic E-state index is 0.204. The average Bonchev–Trinajstić information content (AvgIpc) is 3.43. The van der Waals surface area contributed by atoms with E-state index in [0.29, 0.717) is 33.2 Å². The number of nitrogens with one attached hydrogen (secondary N) is 1. The van der Waals surface area contributed by atoms with Gasteiger partial charge in [0.15, 0.2) is 0 Å². The lowest BCUT2D eigenvalue weighted by Crippen LogP contribution is -2.24. The second-order valence-corrected chi connectivity index (χ2v) is 12.1. The number of hydrogen-bond donors (Lipinski definition) is 4. The predicted molar refractivity (Wildman–Crippen MR) is 144 cm³/mol. The zero-order valence-electron chi connectivity index (χ0n) is 20.6. The molecule has 1 aliphatic rings. The summed E-state index contributed by atoms with van der Waals surface area (Å²) in [5.41, 5.74) is 2.45. The molecule has 0 saturated heterocycles. The molecule has 38 heavy (non-hydrogen) atoms. The fourth-order valence-electron chi connectivity index (χ4n) is 4.59. The van der Waals surface area contributed by atoms with Crippen LogP contribution in [0, 0.1) is 5.92 Å². The first-order valence-electron chi connectivity index (χ1n) is 12.1. The smallest absolute Gasteiger partial charge is 0.333 e. The van der Waals surface area contributed by atoms with Crippen molar-refractivity contribution < 1.29 is 27.6 Å². The van der Waals surface area contributed by atoms with Crippen molar-refractivity contribution in [2.45, 2.75) is 50.9 Å². The maximum Gasteiger partial charge on any atom is 0.333 e. The van der Waals surface area contributed by atoms with Crippen LogP contribution in [-0.2, 0) is 20.9 Å². The van der Waals surface area contributed by atoms with E-state index >= 15 is 0 Å². The molecule has 2 heterocycles. The second kappa shape index (κ2) is 12.2. The number of carbonyl (C=O) groups excluding carboxylic acids is 1. The summed E-state index contributed by atoms with van der Waals surface area (Å²) in [5.74, 6) is -0.553. The van der Waals surface area contributed by atoms with Crippen molar-refractivity contribution in [3.63, 3.8) is 0 Å². The number of nitrogens with zero attached hydrogens (tertiary/aromatic N) is 2. The van der Waals surface area contributed by atoms with Gasteiger partial charge in [-0.25, -0.2) is 15.1 Å². The van der Waals surface area contributed by atoms with Gasteiger partial charge in [-0.15, -0.1) is 11.3 Å². The molecule has 0 bridgehead atoms.